The van der Waals surface area contributed by atoms with Gasteiger partial charge in [0.15, 0.2) is 0 Å². The molecule has 0 amide bonds. The number of ether oxygens (including phenoxy) is 4. The van der Waals surface area contributed by atoms with Gasteiger partial charge in [0.2, 0.25) is 0 Å². The molecular weight excluding hydrogens is 660 g/mol. The molecule has 9 nitrogen and oxygen atoms in total. The van der Waals surface area contributed by atoms with Gasteiger partial charge in [0.1, 0.15) is 23.9 Å². The van der Waals surface area contributed by atoms with Crippen molar-refractivity contribution in [1.82, 2.24) is 0 Å². The molecule has 0 aromatic heterocycles. The minimum Gasteiger partial charge on any atom is -0.462 e. The monoisotopic (exact) mass is 733 g/mol. The van der Waals surface area contributed by atoms with E-state index >= 15 is 0 Å². The van der Waals surface area contributed by atoms with Gasteiger partial charge in [-0.05, 0) is 144 Å². The Morgan fingerprint density at radius 3 is 1.63 bits per heavy atom. The summed E-state index contributed by atoms with van der Waals surface area (Å²) < 4.78 is 22.0. The van der Waals surface area contributed by atoms with Crippen molar-refractivity contribution in [1.29, 1.82) is 0 Å². The van der Waals surface area contributed by atoms with E-state index in [-0.39, 0.29) is 65.0 Å². The summed E-state index contributed by atoms with van der Waals surface area (Å²) in [5.74, 6) is 0.485. The molecule has 4 atom stereocenters. The molecule has 1 spiro atoms. The number of hydrogen-bond donors (Lipinski definition) is 1. The molecule has 7 fully saturated rings. The second-order valence-corrected chi connectivity index (χ2v) is 19.7. The highest BCUT2D eigenvalue weighted by Crippen LogP contribution is 2.59. The summed E-state index contributed by atoms with van der Waals surface area (Å²) >= 11 is 0. The SMILES string of the molecule is CCC(C)(C)C(=O)OC1(C)CCCCC12CCCC2.CCC(C)(C)C(=O)OC12CC3CC(CC(O)(C3)C1)C2.CCC(C)(C)C(=O)OC1COC(=O)C1. The van der Waals surface area contributed by atoms with Gasteiger partial charge < -0.3 is 24.1 Å². The summed E-state index contributed by atoms with van der Waals surface area (Å²) in [5, 5.41) is 10.6. The molecule has 1 saturated heterocycles. The van der Waals surface area contributed by atoms with E-state index in [9.17, 15) is 24.3 Å². The predicted octanol–water partition coefficient (Wildman–Crippen LogP) is 9.19. The summed E-state index contributed by atoms with van der Waals surface area (Å²) in [7, 11) is 0. The van der Waals surface area contributed by atoms with Gasteiger partial charge in [-0.15, -0.1) is 0 Å². The highest BCUT2D eigenvalue weighted by atomic mass is 16.6. The van der Waals surface area contributed by atoms with Crippen LogP contribution in [0.3, 0.4) is 0 Å². The van der Waals surface area contributed by atoms with Crippen LogP contribution in [0.2, 0.25) is 0 Å². The molecule has 6 saturated carbocycles. The first-order chi connectivity index (χ1) is 24.1. The van der Waals surface area contributed by atoms with Crippen molar-refractivity contribution in [2.75, 3.05) is 6.61 Å². The fraction of sp³-hybridized carbons (Fsp3) is 0.907. The van der Waals surface area contributed by atoms with Gasteiger partial charge in [-0.3, -0.25) is 19.2 Å². The van der Waals surface area contributed by atoms with Crippen molar-refractivity contribution in [2.45, 2.75) is 208 Å². The van der Waals surface area contributed by atoms with Crippen molar-refractivity contribution in [3.8, 4) is 0 Å². The summed E-state index contributed by atoms with van der Waals surface area (Å²) in [6.45, 7) is 20.0. The first kappa shape index (κ1) is 42.6. The smallest absolute Gasteiger partial charge is 0.312 e. The van der Waals surface area contributed by atoms with E-state index in [2.05, 4.69) is 13.8 Å². The summed E-state index contributed by atoms with van der Waals surface area (Å²) in [6.07, 6.45) is 17.8. The van der Waals surface area contributed by atoms with Gasteiger partial charge >= 0.3 is 23.9 Å². The molecule has 1 aliphatic heterocycles. The molecule has 0 radical (unpaired) electrons. The van der Waals surface area contributed by atoms with Crippen molar-refractivity contribution < 1.29 is 43.2 Å². The molecule has 52 heavy (non-hydrogen) atoms. The van der Waals surface area contributed by atoms with E-state index in [0.717, 1.165) is 44.9 Å². The molecule has 1 heterocycles. The van der Waals surface area contributed by atoms with Crippen LogP contribution >= 0.6 is 0 Å². The maximum atomic E-state index is 12.5. The van der Waals surface area contributed by atoms with Crippen LogP contribution in [0, 0.1) is 33.5 Å². The normalized spacial score (nSPS) is 33.3. The van der Waals surface area contributed by atoms with E-state index in [0.29, 0.717) is 24.7 Å². The summed E-state index contributed by atoms with van der Waals surface area (Å²) in [6, 6.07) is 0. The van der Waals surface area contributed by atoms with E-state index < -0.39 is 16.4 Å². The van der Waals surface area contributed by atoms with Crippen LogP contribution in [0.5, 0.6) is 0 Å². The van der Waals surface area contributed by atoms with Crippen LogP contribution in [0.25, 0.3) is 0 Å². The third-order valence-electron chi connectivity index (χ3n) is 14.3. The maximum Gasteiger partial charge on any atom is 0.312 e. The van der Waals surface area contributed by atoms with Crippen molar-refractivity contribution in [3.05, 3.63) is 0 Å². The number of rotatable bonds is 9. The van der Waals surface area contributed by atoms with Crippen LogP contribution in [0.1, 0.15) is 185 Å². The number of cyclic esters (lactones) is 1. The van der Waals surface area contributed by atoms with Crippen LogP contribution in [0.4, 0.5) is 0 Å². The Morgan fingerprint density at radius 1 is 0.731 bits per heavy atom. The molecule has 7 rings (SSSR count). The first-order valence-corrected chi connectivity index (χ1v) is 20.6. The van der Waals surface area contributed by atoms with Crippen LogP contribution in [-0.4, -0.2) is 58.5 Å². The van der Waals surface area contributed by atoms with Crippen LogP contribution in [-0.2, 0) is 38.1 Å². The quantitative estimate of drug-likeness (QED) is 0.182. The highest BCUT2D eigenvalue weighted by molar-refractivity contribution is 5.78. The lowest BCUT2D eigenvalue weighted by Crippen LogP contribution is -2.61. The van der Waals surface area contributed by atoms with Gasteiger partial charge in [0.05, 0.1) is 28.3 Å². The van der Waals surface area contributed by atoms with Crippen molar-refractivity contribution >= 4 is 23.9 Å². The van der Waals surface area contributed by atoms with E-state index in [1.165, 1.54) is 51.4 Å². The summed E-state index contributed by atoms with van der Waals surface area (Å²) in [5.41, 5.74) is -2.09. The lowest BCUT2D eigenvalue weighted by atomic mass is 9.52. The van der Waals surface area contributed by atoms with Gasteiger partial charge in [-0.2, -0.15) is 0 Å². The topological polar surface area (TPSA) is 125 Å². The minimum atomic E-state index is -0.555. The summed E-state index contributed by atoms with van der Waals surface area (Å²) in [4.78, 5) is 47.2. The second kappa shape index (κ2) is 15.9. The standard InChI is InChI=1S/C17H30O2.C16H26O3.C10H16O4/c1-5-15(2,3)14(18)19-16(4)10-6-7-11-17(16)12-8-9-13-17;1-4-14(2,3)13(17)19-16-8-11-5-12(9-16)7-15(18,6-11)10-16;1-4-10(2,3)9(12)14-7-5-8(11)13-6-7/h5-13H2,1-4H3;11-12,18H,4-10H2,1-3H3;7H,4-6H2,1-3H3. The maximum absolute atomic E-state index is 12.5. The zero-order valence-corrected chi connectivity index (χ0v) is 34.4. The number of carbonyl (C=O) groups excluding carboxylic acids is 4. The second-order valence-electron chi connectivity index (χ2n) is 19.7. The van der Waals surface area contributed by atoms with E-state index in [4.69, 9.17) is 18.9 Å². The highest BCUT2D eigenvalue weighted by Gasteiger charge is 2.60. The van der Waals surface area contributed by atoms with Gasteiger partial charge in [0.25, 0.3) is 0 Å². The number of aliphatic hydroxyl groups is 1. The Balaban J connectivity index is 0.000000177. The molecule has 0 aromatic carbocycles. The lowest BCUT2D eigenvalue weighted by molar-refractivity contribution is -0.225. The molecule has 0 aromatic rings. The molecule has 4 bridgehead atoms. The average molecular weight is 733 g/mol. The predicted molar refractivity (Wildman–Crippen MR) is 200 cm³/mol. The lowest BCUT2D eigenvalue weighted by Gasteiger charge is -2.59. The fourth-order valence-corrected chi connectivity index (χ4v) is 9.68. The molecule has 1 N–H and O–H groups in total. The molecule has 7 aliphatic rings. The van der Waals surface area contributed by atoms with E-state index in [1.807, 2.05) is 55.4 Å². The number of carbonyl (C=O) groups is 4. The van der Waals surface area contributed by atoms with Crippen molar-refractivity contribution in [3.63, 3.8) is 0 Å². The largest absolute Gasteiger partial charge is 0.462 e. The molecule has 9 heteroatoms. The number of hydrogen-bond acceptors (Lipinski definition) is 9. The number of esters is 4. The van der Waals surface area contributed by atoms with Crippen LogP contribution in [0.15, 0.2) is 0 Å². The molecule has 298 valence electrons. The average Bonchev–Trinajstić information content (AvgIpc) is 3.71. The molecule has 4 unspecified atom stereocenters. The Hall–Kier alpha value is -2.16. The van der Waals surface area contributed by atoms with Gasteiger partial charge in [-0.1, -0.05) is 40.0 Å². The Kier molecular flexibility index (Phi) is 13.0. The zero-order chi connectivity index (χ0) is 38.8. The van der Waals surface area contributed by atoms with Crippen molar-refractivity contribution in [2.24, 2.45) is 33.5 Å². The first-order valence-electron chi connectivity index (χ1n) is 20.6. The fourth-order valence-electron chi connectivity index (χ4n) is 9.68. The minimum absolute atomic E-state index is 0.00525. The van der Waals surface area contributed by atoms with Crippen LogP contribution < -0.4 is 0 Å². The Labute approximate surface area is 314 Å². The molecular formula is C43H72O9. The third kappa shape index (κ3) is 9.55. The van der Waals surface area contributed by atoms with Gasteiger partial charge in [0, 0.05) is 11.8 Å². The zero-order valence-electron chi connectivity index (χ0n) is 34.4. The Bertz CT molecular complexity index is 1280. The van der Waals surface area contributed by atoms with Gasteiger partial charge in [-0.25, -0.2) is 0 Å². The van der Waals surface area contributed by atoms with E-state index in [1.54, 1.807) is 0 Å². The Morgan fingerprint density at radius 2 is 1.19 bits per heavy atom. The third-order valence-corrected chi connectivity index (χ3v) is 14.3. The molecule has 6 aliphatic carbocycles.